The van der Waals surface area contributed by atoms with E-state index in [9.17, 15) is 0 Å². The molecule has 0 fully saturated rings. The Bertz CT molecular complexity index is 2800. The van der Waals surface area contributed by atoms with Crippen molar-refractivity contribution < 1.29 is 0 Å². The van der Waals surface area contributed by atoms with E-state index < -0.39 is 0 Å². The summed E-state index contributed by atoms with van der Waals surface area (Å²) in [6.07, 6.45) is 0. The minimum atomic E-state index is -0.00217. The molecule has 278 valence electrons. The molecular weight excluding hydrogens is 667 g/mol. The van der Waals surface area contributed by atoms with E-state index in [1.165, 1.54) is 98.9 Å². The maximum absolute atomic E-state index is 3.86. The summed E-state index contributed by atoms with van der Waals surface area (Å²) in [5.41, 5.74) is 17.5. The third-order valence-electron chi connectivity index (χ3n) is 12.1. The number of fused-ring (bicyclic) bond motifs is 9. The third-order valence-corrected chi connectivity index (χ3v) is 12.1. The van der Waals surface area contributed by atoms with Gasteiger partial charge in [-0.1, -0.05) is 107 Å². The van der Waals surface area contributed by atoms with Gasteiger partial charge in [0.15, 0.2) is 0 Å². The summed E-state index contributed by atoms with van der Waals surface area (Å²) in [6.45, 7) is 27.7. The summed E-state index contributed by atoms with van der Waals surface area (Å²) >= 11 is 0. The van der Waals surface area contributed by atoms with E-state index in [-0.39, 0.29) is 21.7 Å². The molecule has 3 heteroatoms. The van der Waals surface area contributed by atoms with Gasteiger partial charge >= 0.3 is 0 Å². The molecule has 0 aliphatic rings. The smallest absolute Gasteiger partial charge is 0.0544 e. The van der Waals surface area contributed by atoms with Crippen LogP contribution in [-0.4, -0.2) is 15.0 Å². The Kier molecular flexibility index (Phi) is 7.48. The summed E-state index contributed by atoms with van der Waals surface area (Å²) in [6, 6.07) is 37.5. The SMILES string of the molecule is CC(C)(C)c1ccc2[nH]c3c(-c4ccc5[nH]c6ccc(-c7cc(C(C)(C)C)cc8c7[nH]c7ccc(C(C)(C)C)cc78)cc6c5c4)cc(C(C)(C)C)cc3c2c1. The number of H-pyrrole nitrogens is 3. The highest BCUT2D eigenvalue weighted by Crippen LogP contribution is 2.43. The average Bonchev–Trinajstić information content (AvgIpc) is 3.79. The van der Waals surface area contributed by atoms with Crippen LogP contribution >= 0.6 is 0 Å². The molecular formula is C52H55N3. The van der Waals surface area contributed by atoms with Crippen molar-refractivity contribution in [2.75, 3.05) is 0 Å². The van der Waals surface area contributed by atoms with Crippen LogP contribution in [0.25, 0.3) is 87.7 Å². The van der Waals surface area contributed by atoms with Crippen molar-refractivity contribution in [3.63, 3.8) is 0 Å². The number of nitrogens with one attached hydrogen (secondary N) is 3. The molecule has 3 heterocycles. The maximum atomic E-state index is 3.86. The normalized spacial score (nSPS) is 13.5. The van der Waals surface area contributed by atoms with Crippen molar-refractivity contribution in [3.05, 3.63) is 119 Å². The molecule has 0 aliphatic heterocycles. The second-order valence-electron chi connectivity index (χ2n) is 20.3. The fraction of sp³-hybridized carbons (Fsp3) is 0.308. The van der Waals surface area contributed by atoms with Gasteiger partial charge in [0.25, 0.3) is 0 Å². The number of aromatic nitrogens is 3. The van der Waals surface area contributed by atoms with Gasteiger partial charge in [-0.3, -0.25) is 0 Å². The second kappa shape index (κ2) is 11.6. The summed E-state index contributed by atoms with van der Waals surface area (Å²) in [5, 5.41) is 7.65. The Morgan fingerprint density at radius 1 is 0.291 bits per heavy atom. The van der Waals surface area contributed by atoms with Crippen LogP contribution in [0.15, 0.2) is 97.1 Å². The van der Waals surface area contributed by atoms with E-state index in [1.807, 2.05) is 0 Å². The second-order valence-corrected chi connectivity index (χ2v) is 20.3. The number of hydrogen-bond donors (Lipinski definition) is 3. The van der Waals surface area contributed by atoms with Crippen LogP contribution in [0.1, 0.15) is 105 Å². The van der Waals surface area contributed by atoms with Crippen molar-refractivity contribution in [1.29, 1.82) is 0 Å². The van der Waals surface area contributed by atoms with Crippen molar-refractivity contribution in [2.45, 2.75) is 105 Å². The Labute approximate surface area is 325 Å². The topological polar surface area (TPSA) is 47.4 Å². The predicted octanol–water partition coefficient (Wildman–Crippen LogP) is 15.1. The minimum absolute atomic E-state index is 0.00217. The van der Waals surface area contributed by atoms with Crippen LogP contribution in [0.2, 0.25) is 0 Å². The number of rotatable bonds is 2. The van der Waals surface area contributed by atoms with E-state index in [0.717, 1.165) is 11.0 Å². The van der Waals surface area contributed by atoms with Crippen LogP contribution < -0.4 is 0 Å². The van der Waals surface area contributed by atoms with Crippen LogP contribution in [0.4, 0.5) is 0 Å². The highest BCUT2D eigenvalue weighted by molar-refractivity contribution is 6.16. The van der Waals surface area contributed by atoms with Gasteiger partial charge < -0.3 is 15.0 Å². The first-order valence-corrected chi connectivity index (χ1v) is 20.0. The van der Waals surface area contributed by atoms with Crippen molar-refractivity contribution in [3.8, 4) is 22.3 Å². The fourth-order valence-corrected chi connectivity index (χ4v) is 8.49. The summed E-state index contributed by atoms with van der Waals surface area (Å²) in [7, 11) is 0. The molecule has 3 N–H and O–H groups in total. The summed E-state index contributed by atoms with van der Waals surface area (Å²) in [5.74, 6) is 0. The summed E-state index contributed by atoms with van der Waals surface area (Å²) in [4.78, 5) is 11.5. The molecule has 55 heavy (non-hydrogen) atoms. The largest absolute Gasteiger partial charge is 0.355 e. The standard InChI is InChI=1S/C52H55N3/c1-49(2,3)31-15-19-45-39(23-31)41-27-33(51(7,8)9)25-35(47(41)54-45)29-13-17-43-37(21-29)38-22-30(14-18-44(38)53-43)36-26-34(52(10,11)12)28-42-40-24-32(50(4,5)6)16-20-46(40)55-48(36)42/h13-28,53-55H,1-12H3. The van der Waals surface area contributed by atoms with Gasteiger partial charge in [-0.15, -0.1) is 0 Å². The van der Waals surface area contributed by atoms with Gasteiger partial charge in [0.05, 0.1) is 11.0 Å². The molecule has 0 radical (unpaired) electrons. The lowest BCUT2D eigenvalue weighted by Gasteiger charge is -2.21. The lowest BCUT2D eigenvalue weighted by Crippen LogP contribution is -2.11. The molecule has 3 aromatic heterocycles. The molecule has 3 nitrogen and oxygen atoms in total. The maximum Gasteiger partial charge on any atom is 0.0544 e. The van der Waals surface area contributed by atoms with E-state index in [4.69, 9.17) is 0 Å². The molecule has 0 aliphatic carbocycles. The predicted molar refractivity (Wildman–Crippen MR) is 240 cm³/mol. The quantitative estimate of drug-likeness (QED) is 0.159. The molecule has 0 unspecified atom stereocenters. The molecule has 6 aromatic carbocycles. The number of hydrogen-bond acceptors (Lipinski definition) is 0. The molecule has 0 spiro atoms. The average molecular weight is 722 g/mol. The first kappa shape index (κ1) is 35.4. The molecule has 0 atom stereocenters. The van der Waals surface area contributed by atoms with Gasteiger partial charge in [-0.25, -0.2) is 0 Å². The Morgan fingerprint density at radius 3 is 0.964 bits per heavy atom. The molecule has 0 amide bonds. The summed E-state index contributed by atoms with van der Waals surface area (Å²) < 4.78 is 0. The Hall–Kier alpha value is -5.28. The van der Waals surface area contributed by atoms with Crippen molar-refractivity contribution in [1.82, 2.24) is 15.0 Å². The first-order valence-electron chi connectivity index (χ1n) is 20.0. The van der Waals surface area contributed by atoms with Gasteiger partial charge in [-0.2, -0.15) is 0 Å². The monoisotopic (exact) mass is 721 g/mol. The lowest BCUT2D eigenvalue weighted by molar-refractivity contribution is 0.590. The Balaban J connectivity index is 1.26. The zero-order valence-electron chi connectivity index (χ0n) is 34.7. The van der Waals surface area contributed by atoms with Crippen LogP contribution in [0.3, 0.4) is 0 Å². The van der Waals surface area contributed by atoms with E-state index in [1.54, 1.807) is 0 Å². The van der Waals surface area contributed by atoms with Gasteiger partial charge in [-0.05, 0) is 128 Å². The van der Waals surface area contributed by atoms with E-state index >= 15 is 0 Å². The zero-order valence-corrected chi connectivity index (χ0v) is 34.7. The van der Waals surface area contributed by atoms with E-state index in [2.05, 4.69) is 195 Å². The fourth-order valence-electron chi connectivity index (χ4n) is 8.49. The molecule has 9 rings (SSSR count). The lowest BCUT2D eigenvalue weighted by atomic mass is 9.83. The third kappa shape index (κ3) is 5.86. The minimum Gasteiger partial charge on any atom is -0.355 e. The highest BCUT2D eigenvalue weighted by Gasteiger charge is 2.24. The zero-order chi connectivity index (χ0) is 39.0. The van der Waals surface area contributed by atoms with Crippen molar-refractivity contribution in [2.24, 2.45) is 0 Å². The molecule has 0 saturated carbocycles. The van der Waals surface area contributed by atoms with E-state index in [0.29, 0.717) is 0 Å². The van der Waals surface area contributed by atoms with Crippen LogP contribution in [0.5, 0.6) is 0 Å². The number of aromatic amines is 3. The Morgan fingerprint density at radius 2 is 0.600 bits per heavy atom. The van der Waals surface area contributed by atoms with Gasteiger partial charge in [0.1, 0.15) is 0 Å². The van der Waals surface area contributed by atoms with Gasteiger partial charge in [0.2, 0.25) is 0 Å². The highest BCUT2D eigenvalue weighted by atomic mass is 14.7. The number of benzene rings is 6. The van der Waals surface area contributed by atoms with Crippen LogP contribution in [0, 0.1) is 0 Å². The molecule has 9 aromatic rings. The van der Waals surface area contributed by atoms with Crippen LogP contribution in [-0.2, 0) is 21.7 Å². The molecule has 0 bridgehead atoms. The molecule has 0 saturated heterocycles. The first-order chi connectivity index (χ1) is 25.7. The van der Waals surface area contributed by atoms with Gasteiger partial charge in [0, 0.05) is 65.5 Å². The van der Waals surface area contributed by atoms with Crippen molar-refractivity contribution >= 4 is 65.4 Å².